The number of aldehydes is 1. The van der Waals surface area contributed by atoms with E-state index < -0.39 is 0 Å². The van der Waals surface area contributed by atoms with Gasteiger partial charge in [0.2, 0.25) is 0 Å². The normalized spacial score (nSPS) is 19.4. The summed E-state index contributed by atoms with van der Waals surface area (Å²) >= 11 is 0. The second kappa shape index (κ2) is 9.16. The lowest BCUT2D eigenvalue weighted by molar-refractivity contribution is -0.112. The molecule has 1 rings (SSSR count). The predicted octanol–water partition coefficient (Wildman–Crippen LogP) is 1.57. The minimum absolute atomic E-state index is 0.211. The molecule has 3 nitrogen and oxygen atoms in total. The molecule has 1 aliphatic rings. The summed E-state index contributed by atoms with van der Waals surface area (Å²) in [5.74, 6) is 0.211. The number of hydrogen-bond donors (Lipinski definition) is 0. The Bertz CT molecular complexity index is 133. The minimum atomic E-state index is 0.211. The molecule has 1 fully saturated rings. The van der Waals surface area contributed by atoms with Crippen LogP contribution in [0.25, 0.3) is 0 Å². The molecule has 0 aromatic heterocycles. The molecule has 1 atom stereocenters. The van der Waals surface area contributed by atoms with Crippen LogP contribution >= 0.6 is 0 Å². The van der Waals surface area contributed by atoms with Crippen LogP contribution in [-0.4, -0.2) is 44.0 Å². The molecule has 0 bridgehead atoms. The first-order valence-corrected chi connectivity index (χ1v) is 5.62. The summed E-state index contributed by atoms with van der Waals surface area (Å²) in [6.07, 6.45) is 2.01. The first kappa shape index (κ1) is 13.6. The Hall–Kier alpha value is -0.410. The Balaban J connectivity index is 0.000000791. The quantitative estimate of drug-likeness (QED) is 0.647. The molecule has 1 saturated heterocycles. The molecule has 3 heteroatoms. The van der Waals surface area contributed by atoms with Gasteiger partial charge in [-0.1, -0.05) is 20.8 Å². The highest BCUT2D eigenvalue weighted by atomic mass is 16.5. The number of carbonyl (C=O) groups excluding carboxylic acids is 1. The highest BCUT2D eigenvalue weighted by molar-refractivity contribution is 5.53. The second-order valence-corrected chi connectivity index (χ2v) is 3.22. The van der Waals surface area contributed by atoms with Crippen LogP contribution in [0.15, 0.2) is 0 Å². The lowest BCUT2D eigenvalue weighted by Gasteiger charge is -2.28. The maximum Gasteiger partial charge on any atom is 0.124 e. The van der Waals surface area contributed by atoms with Gasteiger partial charge in [-0.15, -0.1) is 0 Å². The molecule has 0 amide bonds. The SMILES string of the molecule is CC.CCC(C=O)CN1CCOCC1. The van der Waals surface area contributed by atoms with E-state index >= 15 is 0 Å². The van der Waals surface area contributed by atoms with Crippen molar-refractivity contribution in [2.45, 2.75) is 27.2 Å². The molecule has 0 aliphatic carbocycles. The van der Waals surface area contributed by atoms with E-state index in [0.717, 1.165) is 45.6 Å². The third-order valence-corrected chi connectivity index (χ3v) is 2.31. The average Bonchev–Trinajstić information content (AvgIpc) is 2.30. The first-order valence-electron chi connectivity index (χ1n) is 5.62. The summed E-state index contributed by atoms with van der Waals surface area (Å²) in [7, 11) is 0. The van der Waals surface area contributed by atoms with Crippen molar-refractivity contribution in [1.82, 2.24) is 4.90 Å². The van der Waals surface area contributed by atoms with Crippen molar-refractivity contribution in [3.05, 3.63) is 0 Å². The van der Waals surface area contributed by atoms with Crippen molar-refractivity contribution in [2.75, 3.05) is 32.8 Å². The van der Waals surface area contributed by atoms with E-state index in [9.17, 15) is 4.79 Å². The topological polar surface area (TPSA) is 29.5 Å². The van der Waals surface area contributed by atoms with E-state index in [2.05, 4.69) is 11.8 Å². The second-order valence-electron chi connectivity index (χ2n) is 3.22. The largest absolute Gasteiger partial charge is 0.379 e. The maximum atomic E-state index is 10.6. The predicted molar refractivity (Wildman–Crippen MR) is 58.5 cm³/mol. The van der Waals surface area contributed by atoms with Crippen LogP contribution in [0.3, 0.4) is 0 Å². The summed E-state index contributed by atoms with van der Waals surface area (Å²) < 4.78 is 5.22. The molecule has 0 spiro atoms. The Morgan fingerprint density at radius 1 is 1.36 bits per heavy atom. The molecular weight excluding hydrogens is 178 g/mol. The number of carbonyl (C=O) groups is 1. The van der Waals surface area contributed by atoms with Crippen LogP contribution in [0.4, 0.5) is 0 Å². The van der Waals surface area contributed by atoms with Gasteiger partial charge in [-0.25, -0.2) is 0 Å². The molecular formula is C11H23NO2. The number of ether oxygens (including phenoxy) is 1. The molecule has 0 aromatic carbocycles. The number of hydrogen-bond acceptors (Lipinski definition) is 3. The molecule has 0 N–H and O–H groups in total. The van der Waals surface area contributed by atoms with Crippen LogP contribution in [-0.2, 0) is 9.53 Å². The van der Waals surface area contributed by atoms with Gasteiger partial charge in [-0.2, -0.15) is 0 Å². The fraction of sp³-hybridized carbons (Fsp3) is 0.909. The summed E-state index contributed by atoms with van der Waals surface area (Å²) in [6.45, 7) is 10.5. The van der Waals surface area contributed by atoms with Crippen molar-refractivity contribution in [3.8, 4) is 0 Å². The summed E-state index contributed by atoms with van der Waals surface area (Å²) in [5.41, 5.74) is 0. The van der Waals surface area contributed by atoms with Crippen LogP contribution in [0.2, 0.25) is 0 Å². The monoisotopic (exact) mass is 201 g/mol. The van der Waals surface area contributed by atoms with Crippen molar-refractivity contribution in [1.29, 1.82) is 0 Å². The van der Waals surface area contributed by atoms with E-state index in [0.29, 0.717) is 0 Å². The van der Waals surface area contributed by atoms with Crippen LogP contribution in [0.1, 0.15) is 27.2 Å². The summed E-state index contributed by atoms with van der Waals surface area (Å²) in [5, 5.41) is 0. The van der Waals surface area contributed by atoms with Gasteiger partial charge in [0, 0.05) is 25.6 Å². The highest BCUT2D eigenvalue weighted by Crippen LogP contribution is 2.04. The smallest absolute Gasteiger partial charge is 0.124 e. The van der Waals surface area contributed by atoms with Gasteiger partial charge < -0.3 is 9.53 Å². The lowest BCUT2D eigenvalue weighted by Crippen LogP contribution is -2.39. The van der Waals surface area contributed by atoms with E-state index in [-0.39, 0.29) is 5.92 Å². The zero-order chi connectivity index (χ0) is 10.8. The fourth-order valence-corrected chi connectivity index (χ4v) is 1.38. The molecule has 0 aromatic rings. The fourth-order valence-electron chi connectivity index (χ4n) is 1.38. The standard InChI is InChI=1S/C9H17NO2.C2H6/c1-2-9(8-11)7-10-3-5-12-6-4-10;1-2/h8-9H,2-7H2,1H3;1-2H3. The van der Waals surface area contributed by atoms with E-state index in [1.54, 1.807) is 0 Å². The van der Waals surface area contributed by atoms with Gasteiger partial charge in [-0.3, -0.25) is 4.90 Å². The van der Waals surface area contributed by atoms with Gasteiger partial charge >= 0.3 is 0 Å². The van der Waals surface area contributed by atoms with Crippen molar-refractivity contribution in [3.63, 3.8) is 0 Å². The molecule has 1 unspecified atom stereocenters. The van der Waals surface area contributed by atoms with Crippen molar-refractivity contribution >= 4 is 6.29 Å². The van der Waals surface area contributed by atoms with Gasteiger partial charge in [-0.05, 0) is 6.42 Å². The van der Waals surface area contributed by atoms with Crippen LogP contribution < -0.4 is 0 Å². The minimum Gasteiger partial charge on any atom is -0.379 e. The summed E-state index contributed by atoms with van der Waals surface area (Å²) in [6, 6.07) is 0. The van der Waals surface area contributed by atoms with E-state index in [1.165, 1.54) is 0 Å². The van der Waals surface area contributed by atoms with Gasteiger partial charge in [0.15, 0.2) is 0 Å². The first-order chi connectivity index (χ1) is 6.86. The molecule has 84 valence electrons. The van der Waals surface area contributed by atoms with Crippen molar-refractivity contribution in [2.24, 2.45) is 5.92 Å². The molecule has 1 aliphatic heterocycles. The third kappa shape index (κ3) is 5.35. The zero-order valence-electron chi connectivity index (χ0n) is 9.66. The Labute approximate surface area is 87.4 Å². The molecule has 0 radical (unpaired) electrons. The van der Waals surface area contributed by atoms with E-state index in [4.69, 9.17) is 4.74 Å². The Morgan fingerprint density at radius 3 is 2.36 bits per heavy atom. The highest BCUT2D eigenvalue weighted by Gasteiger charge is 2.14. The van der Waals surface area contributed by atoms with E-state index in [1.807, 2.05) is 13.8 Å². The van der Waals surface area contributed by atoms with Crippen molar-refractivity contribution < 1.29 is 9.53 Å². The number of nitrogens with zero attached hydrogens (tertiary/aromatic N) is 1. The maximum absolute atomic E-state index is 10.6. The van der Waals surface area contributed by atoms with Crippen LogP contribution in [0.5, 0.6) is 0 Å². The summed E-state index contributed by atoms with van der Waals surface area (Å²) in [4.78, 5) is 12.8. The van der Waals surface area contributed by atoms with Gasteiger partial charge in [0.05, 0.1) is 13.2 Å². The Morgan fingerprint density at radius 2 is 1.93 bits per heavy atom. The van der Waals surface area contributed by atoms with Crippen LogP contribution in [0, 0.1) is 5.92 Å². The number of rotatable bonds is 4. The average molecular weight is 201 g/mol. The van der Waals surface area contributed by atoms with Gasteiger partial charge in [0.1, 0.15) is 6.29 Å². The zero-order valence-corrected chi connectivity index (χ0v) is 9.66. The molecule has 14 heavy (non-hydrogen) atoms. The number of morpholine rings is 1. The Kier molecular flexibility index (Phi) is 8.89. The molecule has 1 heterocycles. The lowest BCUT2D eigenvalue weighted by atomic mass is 10.1. The molecule has 0 saturated carbocycles. The third-order valence-electron chi connectivity index (χ3n) is 2.31. The van der Waals surface area contributed by atoms with Gasteiger partial charge in [0.25, 0.3) is 0 Å².